The summed E-state index contributed by atoms with van der Waals surface area (Å²) in [5.74, 6) is -0.00808. The molecule has 9 heteroatoms. The predicted molar refractivity (Wildman–Crippen MR) is 129 cm³/mol. The second-order valence-electron chi connectivity index (χ2n) is 10.3. The molecule has 2 N–H and O–H groups in total. The first-order valence-corrected chi connectivity index (χ1v) is 12.7. The van der Waals surface area contributed by atoms with Gasteiger partial charge in [-0.3, -0.25) is 29.6 Å². The van der Waals surface area contributed by atoms with Crippen molar-refractivity contribution in [3.63, 3.8) is 0 Å². The number of aliphatic hydroxyl groups is 1. The summed E-state index contributed by atoms with van der Waals surface area (Å²) in [7, 11) is 0. The van der Waals surface area contributed by atoms with Crippen molar-refractivity contribution in [3.8, 4) is 5.75 Å². The molecule has 2 aromatic rings. The SMILES string of the molecule is O=C1CCC(N2Cc3nc(C4(O)CCN(Cc5ccc6c(c5)CCCO6)CC4)ccc3C2=O)C(=O)N1. The third-order valence-electron chi connectivity index (χ3n) is 7.91. The number of carbonyl (C=O) groups is 3. The first kappa shape index (κ1) is 23.1. The molecule has 1 aromatic carbocycles. The van der Waals surface area contributed by atoms with Crippen LogP contribution >= 0.6 is 0 Å². The van der Waals surface area contributed by atoms with Gasteiger partial charge in [-0.1, -0.05) is 12.1 Å². The first-order valence-electron chi connectivity index (χ1n) is 12.7. The fourth-order valence-corrected chi connectivity index (χ4v) is 5.80. The molecule has 0 bridgehead atoms. The van der Waals surface area contributed by atoms with Gasteiger partial charge >= 0.3 is 0 Å². The van der Waals surface area contributed by atoms with Crippen LogP contribution in [-0.2, 0) is 34.7 Å². The lowest BCUT2D eigenvalue weighted by Gasteiger charge is -2.38. The number of aryl methyl sites for hydroxylation is 1. The van der Waals surface area contributed by atoms with Crippen LogP contribution in [0, 0.1) is 0 Å². The van der Waals surface area contributed by atoms with E-state index in [1.807, 2.05) is 0 Å². The number of nitrogens with one attached hydrogen (secondary N) is 1. The lowest BCUT2D eigenvalue weighted by atomic mass is 9.87. The smallest absolute Gasteiger partial charge is 0.256 e. The van der Waals surface area contributed by atoms with E-state index in [1.54, 1.807) is 12.1 Å². The molecule has 1 unspecified atom stereocenters. The van der Waals surface area contributed by atoms with Crippen molar-refractivity contribution in [2.75, 3.05) is 19.7 Å². The second-order valence-corrected chi connectivity index (χ2v) is 10.3. The molecule has 5 heterocycles. The molecular formula is C27H30N4O5. The fraction of sp³-hybridized carbons (Fsp3) is 0.481. The molecule has 3 amide bonds. The van der Waals surface area contributed by atoms with Gasteiger partial charge in [0.2, 0.25) is 11.8 Å². The normalized spacial score (nSPS) is 23.6. The highest BCUT2D eigenvalue weighted by atomic mass is 16.5. The van der Waals surface area contributed by atoms with Crippen molar-refractivity contribution in [3.05, 3.63) is 58.4 Å². The Balaban J connectivity index is 1.12. The molecule has 9 nitrogen and oxygen atoms in total. The fourth-order valence-electron chi connectivity index (χ4n) is 5.80. The molecule has 2 saturated heterocycles. The summed E-state index contributed by atoms with van der Waals surface area (Å²) >= 11 is 0. The summed E-state index contributed by atoms with van der Waals surface area (Å²) in [6.45, 7) is 3.31. The number of hydrogen-bond donors (Lipinski definition) is 2. The third kappa shape index (κ3) is 4.16. The lowest BCUT2D eigenvalue weighted by Crippen LogP contribution is -2.52. The van der Waals surface area contributed by atoms with Gasteiger partial charge in [-0.2, -0.15) is 0 Å². The molecule has 2 fully saturated rings. The number of likely N-dealkylation sites (tertiary alicyclic amines) is 1. The van der Waals surface area contributed by atoms with Crippen LogP contribution < -0.4 is 10.1 Å². The van der Waals surface area contributed by atoms with Crippen LogP contribution in [0.2, 0.25) is 0 Å². The van der Waals surface area contributed by atoms with E-state index < -0.39 is 17.6 Å². The Bertz CT molecular complexity index is 1240. The highest BCUT2D eigenvalue weighted by Crippen LogP contribution is 2.35. The van der Waals surface area contributed by atoms with Crippen LogP contribution in [0.15, 0.2) is 30.3 Å². The molecule has 4 aliphatic heterocycles. The number of imide groups is 1. The van der Waals surface area contributed by atoms with Gasteiger partial charge in [-0.15, -0.1) is 0 Å². The summed E-state index contributed by atoms with van der Waals surface area (Å²) < 4.78 is 5.72. The van der Waals surface area contributed by atoms with Gasteiger partial charge < -0.3 is 14.7 Å². The summed E-state index contributed by atoms with van der Waals surface area (Å²) in [5.41, 5.74) is 3.09. The van der Waals surface area contributed by atoms with Crippen molar-refractivity contribution >= 4 is 17.7 Å². The average molecular weight is 491 g/mol. The van der Waals surface area contributed by atoms with Crippen LogP contribution in [0.1, 0.15) is 65.0 Å². The Morgan fingerprint density at radius 2 is 1.94 bits per heavy atom. The number of amides is 3. The average Bonchev–Trinajstić information content (AvgIpc) is 3.21. The van der Waals surface area contributed by atoms with Crippen molar-refractivity contribution in [2.45, 2.75) is 63.3 Å². The number of benzene rings is 1. The number of fused-ring (bicyclic) bond motifs is 2. The maximum absolute atomic E-state index is 12.9. The number of nitrogens with zero attached hydrogens (tertiary/aromatic N) is 3. The number of rotatable bonds is 4. The van der Waals surface area contributed by atoms with Gasteiger partial charge in [0.15, 0.2) is 0 Å². The van der Waals surface area contributed by atoms with Crippen LogP contribution in [-0.4, -0.2) is 63.4 Å². The van der Waals surface area contributed by atoms with Gasteiger partial charge in [-0.25, -0.2) is 0 Å². The lowest BCUT2D eigenvalue weighted by molar-refractivity contribution is -0.136. The van der Waals surface area contributed by atoms with E-state index >= 15 is 0 Å². The number of ether oxygens (including phenoxy) is 1. The minimum absolute atomic E-state index is 0.207. The Labute approximate surface area is 209 Å². The maximum Gasteiger partial charge on any atom is 0.256 e. The summed E-state index contributed by atoms with van der Waals surface area (Å²) in [6.07, 6.45) is 3.74. The molecule has 6 rings (SSSR count). The highest BCUT2D eigenvalue weighted by Gasteiger charge is 2.41. The van der Waals surface area contributed by atoms with Gasteiger partial charge in [0, 0.05) is 26.1 Å². The largest absolute Gasteiger partial charge is 0.493 e. The Kier molecular flexibility index (Phi) is 5.76. The number of piperidine rings is 2. The molecule has 0 spiro atoms. The molecule has 36 heavy (non-hydrogen) atoms. The molecule has 0 aliphatic carbocycles. The summed E-state index contributed by atoms with van der Waals surface area (Å²) in [4.78, 5) is 45.2. The van der Waals surface area contributed by atoms with Gasteiger partial charge in [0.1, 0.15) is 17.4 Å². The van der Waals surface area contributed by atoms with E-state index in [9.17, 15) is 19.5 Å². The second kappa shape index (κ2) is 8.97. The standard InChI is InChI=1S/C27H30N4O5/c32-24-8-5-21(25(33)29-24)31-16-20-19(26(31)34)4-7-23(28-20)27(35)9-11-30(12-10-27)15-17-3-6-22-18(14-17)2-1-13-36-22/h3-4,6-7,14,21,35H,1-2,5,8-13,15-16H2,(H,29,32,33). The zero-order valence-electron chi connectivity index (χ0n) is 20.2. The summed E-state index contributed by atoms with van der Waals surface area (Å²) in [6, 6.07) is 9.21. The number of hydrogen-bond acceptors (Lipinski definition) is 7. The topological polar surface area (TPSA) is 112 Å². The molecule has 1 aromatic heterocycles. The minimum Gasteiger partial charge on any atom is -0.493 e. The Morgan fingerprint density at radius 1 is 1.11 bits per heavy atom. The first-order chi connectivity index (χ1) is 17.4. The van der Waals surface area contributed by atoms with Crippen molar-refractivity contribution in [2.24, 2.45) is 0 Å². The highest BCUT2D eigenvalue weighted by molar-refractivity contribution is 6.05. The number of pyridine rings is 1. The summed E-state index contributed by atoms with van der Waals surface area (Å²) in [5, 5.41) is 13.8. The van der Waals surface area contributed by atoms with E-state index in [1.165, 1.54) is 16.0 Å². The predicted octanol–water partition coefficient (Wildman–Crippen LogP) is 1.65. The van der Waals surface area contributed by atoms with Gasteiger partial charge in [0.25, 0.3) is 5.91 Å². The monoisotopic (exact) mass is 490 g/mol. The molecule has 0 saturated carbocycles. The molecule has 1 atom stereocenters. The maximum atomic E-state index is 12.9. The van der Waals surface area contributed by atoms with E-state index in [-0.39, 0.29) is 24.8 Å². The number of carbonyl (C=O) groups excluding carboxylic acids is 3. The zero-order chi connectivity index (χ0) is 24.9. The van der Waals surface area contributed by atoms with E-state index in [2.05, 4.69) is 28.4 Å². The third-order valence-corrected chi connectivity index (χ3v) is 7.91. The van der Waals surface area contributed by atoms with Gasteiger partial charge in [-0.05, 0) is 61.4 Å². The molecule has 0 radical (unpaired) electrons. The van der Waals surface area contributed by atoms with Crippen molar-refractivity contribution < 1.29 is 24.2 Å². The van der Waals surface area contributed by atoms with Crippen LogP contribution in [0.4, 0.5) is 0 Å². The number of aromatic nitrogens is 1. The quantitative estimate of drug-likeness (QED) is 0.627. The van der Waals surface area contributed by atoms with Crippen LogP contribution in [0.3, 0.4) is 0 Å². The Morgan fingerprint density at radius 3 is 2.75 bits per heavy atom. The van der Waals surface area contributed by atoms with E-state index in [4.69, 9.17) is 9.72 Å². The van der Waals surface area contributed by atoms with Crippen molar-refractivity contribution in [1.82, 2.24) is 20.1 Å². The Hall–Kier alpha value is -3.30. The zero-order valence-corrected chi connectivity index (χ0v) is 20.2. The molecule has 4 aliphatic rings. The van der Waals surface area contributed by atoms with E-state index in [0.29, 0.717) is 36.2 Å². The minimum atomic E-state index is -1.06. The van der Waals surface area contributed by atoms with Crippen molar-refractivity contribution in [1.29, 1.82) is 0 Å². The van der Waals surface area contributed by atoms with E-state index in [0.717, 1.165) is 44.8 Å². The van der Waals surface area contributed by atoms with Crippen LogP contribution in [0.25, 0.3) is 0 Å². The van der Waals surface area contributed by atoms with Gasteiger partial charge in [0.05, 0.1) is 30.1 Å². The molecule has 188 valence electrons. The molecular weight excluding hydrogens is 460 g/mol. The van der Waals surface area contributed by atoms with Crippen LogP contribution in [0.5, 0.6) is 5.75 Å².